The molecule has 3 rings (SSSR count). The molecule has 0 bridgehead atoms. The molecule has 0 unspecified atom stereocenters. The summed E-state index contributed by atoms with van der Waals surface area (Å²) in [5.41, 5.74) is -0.385. The maximum Gasteiger partial charge on any atom is 0.435 e. The maximum atomic E-state index is 12.6. The summed E-state index contributed by atoms with van der Waals surface area (Å²) in [6.07, 6.45) is -2.88. The van der Waals surface area contributed by atoms with E-state index in [0.29, 0.717) is 25.5 Å². The number of aromatic nitrogens is 4. The summed E-state index contributed by atoms with van der Waals surface area (Å²) in [6.45, 7) is 7.99. The Bertz CT molecular complexity index is 863. The fourth-order valence-electron chi connectivity index (χ4n) is 3.21. The largest absolute Gasteiger partial charge is 0.435 e. The molecule has 0 saturated carbocycles. The lowest BCUT2D eigenvalue weighted by molar-refractivity contribution is -0.141. The van der Waals surface area contributed by atoms with Crippen LogP contribution in [0.3, 0.4) is 0 Å². The van der Waals surface area contributed by atoms with Gasteiger partial charge in [0.25, 0.3) is 5.56 Å². The van der Waals surface area contributed by atoms with Gasteiger partial charge in [-0.25, -0.2) is 4.68 Å². The van der Waals surface area contributed by atoms with Gasteiger partial charge >= 0.3 is 6.18 Å². The van der Waals surface area contributed by atoms with E-state index in [1.807, 2.05) is 25.7 Å². The van der Waals surface area contributed by atoms with Crippen LogP contribution < -0.4 is 10.5 Å². The van der Waals surface area contributed by atoms with Crippen LogP contribution in [0.5, 0.6) is 0 Å². The Morgan fingerprint density at radius 3 is 2.18 bits per heavy atom. The second kappa shape index (κ2) is 7.52. The van der Waals surface area contributed by atoms with E-state index in [4.69, 9.17) is 0 Å². The van der Waals surface area contributed by atoms with Crippen LogP contribution in [0.15, 0.2) is 29.1 Å². The van der Waals surface area contributed by atoms with Crippen LogP contribution in [-0.2, 0) is 18.1 Å². The summed E-state index contributed by atoms with van der Waals surface area (Å²) in [4.78, 5) is 14.1. The minimum absolute atomic E-state index is 0.121. The third kappa shape index (κ3) is 4.69. The highest BCUT2D eigenvalue weighted by atomic mass is 19.4. The second-order valence-corrected chi connectivity index (χ2v) is 8.19. The molecule has 9 heteroatoms. The number of hydrogen-bond donors (Lipinski definition) is 0. The molecule has 0 N–H and O–H groups in total. The lowest BCUT2D eigenvalue weighted by atomic mass is 9.92. The predicted octanol–water partition coefficient (Wildman–Crippen LogP) is 3.27. The molecule has 1 saturated heterocycles. The quantitative estimate of drug-likeness (QED) is 0.798. The van der Waals surface area contributed by atoms with Crippen molar-refractivity contribution < 1.29 is 13.2 Å². The molecule has 0 aromatic carbocycles. The van der Waals surface area contributed by atoms with Crippen molar-refractivity contribution in [3.8, 4) is 0 Å². The Hall–Kier alpha value is -2.45. The van der Waals surface area contributed by atoms with E-state index in [2.05, 4.69) is 15.3 Å². The highest BCUT2D eigenvalue weighted by molar-refractivity contribution is 5.38. The molecule has 0 aliphatic carbocycles. The molecule has 28 heavy (non-hydrogen) atoms. The number of nitrogens with zero attached hydrogens (tertiary/aromatic N) is 5. The molecule has 2 aromatic rings. The first-order valence-corrected chi connectivity index (χ1v) is 9.28. The molecule has 1 aliphatic heterocycles. The lowest BCUT2D eigenvalue weighted by Crippen LogP contribution is -2.37. The number of halogens is 3. The summed E-state index contributed by atoms with van der Waals surface area (Å²) in [5.74, 6) is 0.718. The Morgan fingerprint density at radius 2 is 1.64 bits per heavy atom. The Morgan fingerprint density at radius 1 is 1.00 bits per heavy atom. The Balaban J connectivity index is 1.63. The van der Waals surface area contributed by atoms with E-state index in [1.54, 1.807) is 12.1 Å². The van der Waals surface area contributed by atoms with E-state index in [1.165, 1.54) is 10.7 Å². The minimum Gasteiger partial charge on any atom is -0.355 e. The molecule has 1 fully saturated rings. The number of hydrogen-bond acceptors (Lipinski definition) is 5. The molecule has 1 aliphatic rings. The molecule has 6 nitrogen and oxygen atoms in total. The molecule has 0 amide bonds. The van der Waals surface area contributed by atoms with Crippen molar-refractivity contribution in [3.63, 3.8) is 0 Å². The van der Waals surface area contributed by atoms with Gasteiger partial charge in [0.1, 0.15) is 0 Å². The molecule has 0 radical (unpaired) electrons. The van der Waals surface area contributed by atoms with Gasteiger partial charge in [0.05, 0.1) is 5.69 Å². The van der Waals surface area contributed by atoms with Gasteiger partial charge in [0.2, 0.25) is 0 Å². The highest BCUT2D eigenvalue weighted by Gasteiger charge is 2.33. The molecule has 2 aromatic heterocycles. The van der Waals surface area contributed by atoms with E-state index < -0.39 is 11.9 Å². The minimum atomic E-state index is -4.49. The lowest BCUT2D eigenvalue weighted by Gasteiger charge is -2.32. The monoisotopic (exact) mass is 395 g/mol. The van der Waals surface area contributed by atoms with Crippen LogP contribution in [-0.4, -0.2) is 33.1 Å². The van der Waals surface area contributed by atoms with Gasteiger partial charge in [-0.1, -0.05) is 20.8 Å². The summed E-state index contributed by atoms with van der Waals surface area (Å²) in [5, 5.41) is 11.5. The standard InChI is InChI=1S/C19H24F3N5O/c1-18(2,3)14-5-7-17(28)27(25-14)12-13-8-10-26(11-9-13)16-6-4-15(23-24-16)19(20,21)22/h4-7,13H,8-12H2,1-3H3. The van der Waals surface area contributed by atoms with Gasteiger partial charge in [0, 0.05) is 31.1 Å². The fourth-order valence-corrected chi connectivity index (χ4v) is 3.21. The van der Waals surface area contributed by atoms with E-state index in [9.17, 15) is 18.0 Å². The van der Waals surface area contributed by atoms with Gasteiger partial charge in [-0.2, -0.15) is 18.3 Å². The van der Waals surface area contributed by atoms with Crippen molar-refractivity contribution in [3.05, 3.63) is 46.0 Å². The normalized spacial score (nSPS) is 16.4. The summed E-state index contributed by atoms with van der Waals surface area (Å²) in [7, 11) is 0. The van der Waals surface area contributed by atoms with Gasteiger partial charge in [0.15, 0.2) is 11.5 Å². The van der Waals surface area contributed by atoms with Gasteiger partial charge in [-0.3, -0.25) is 4.79 Å². The zero-order valence-electron chi connectivity index (χ0n) is 16.2. The maximum absolute atomic E-state index is 12.6. The van der Waals surface area contributed by atoms with Crippen molar-refractivity contribution in [2.45, 2.75) is 51.7 Å². The highest BCUT2D eigenvalue weighted by Crippen LogP contribution is 2.28. The molecular weight excluding hydrogens is 371 g/mol. The fraction of sp³-hybridized carbons (Fsp3) is 0.579. The van der Waals surface area contributed by atoms with Crippen molar-refractivity contribution in [1.82, 2.24) is 20.0 Å². The Kier molecular flexibility index (Phi) is 5.45. The van der Waals surface area contributed by atoms with Crippen molar-refractivity contribution in [2.75, 3.05) is 18.0 Å². The van der Waals surface area contributed by atoms with Crippen molar-refractivity contribution in [1.29, 1.82) is 0 Å². The average Bonchev–Trinajstić information content (AvgIpc) is 2.63. The second-order valence-electron chi connectivity index (χ2n) is 8.19. The summed E-state index contributed by atoms with van der Waals surface area (Å²) < 4.78 is 39.3. The predicted molar refractivity (Wildman–Crippen MR) is 99.2 cm³/mol. The Labute approximate surface area is 161 Å². The average molecular weight is 395 g/mol. The zero-order valence-corrected chi connectivity index (χ0v) is 16.2. The molecular formula is C19H24F3N5O. The van der Waals surface area contributed by atoms with Crippen LogP contribution in [0.1, 0.15) is 45.0 Å². The summed E-state index contributed by atoms with van der Waals surface area (Å²) in [6, 6.07) is 5.64. The van der Waals surface area contributed by atoms with Crippen molar-refractivity contribution in [2.24, 2.45) is 5.92 Å². The van der Waals surface area contributed by atoms with Crippen LogP contribution >= 0.6 is 0 Å². The van der Waals surface area contributed by atoms with Crippen LogP contribution in [0, 0.1) is 5.92 Å². The third-order valence-corrected chi connectivity index (χ3v) is 4.95. The molecule has 0 spiro atoms. The summed E-state index contributed by atoms with van der Waals surface area (Å²) >= 11 is 0. The SMILES string of the molecule is CC(C)(C)c1ccc(=O)n(CC2CCN(c3ccc(C(F)(F)F)nn3)CC2)n1. The molecule has 152 valence electrons. The first kappa shape index (κ1) is 20.3. The van der Waals surface area contributed by atoms with Gasteiger partial charge in [-0.15, -0.1) is 10.2 Å². The van der Waals surface area contributed by atoms with Gasteiger partial charge < -0.3 is 4.90 Å². The smallest absolute Gasteiger partial charge is 0.355 e. The van der Waals surface area contributed by atoms with Crippen LogP contribution in [0.4, 0.5) is 19.0 Å². The molecule has 0 atom stereocenters. The third-order valence-electron chi connectivity index (χ3n) is 4.95. The number of anilines is 1. The number of piperidine rings is 1. The first-order valence-electron chi connectivity index (χ1n) is 9.28. The van der Waals surface area contributed by atoms with Crippen LogP contribution in [0.2, 0.25) is 0 Å². The number of rotatable bonds is 3. The van der Waals surface area contributed by atoms with E-state index >= 15 is 0 Å². The molecule has 3 heterocycles. The van der Waals surface area contributed by atoms with E-state index in [-0.39, 0.29) is 16.9 Å². The van der Waals surface area contributed by atoms with Crippen LogP contribution in [0.25, 0.3) is 0 Å². The van der Waals surface area contributed by atoms with Crippen molar-refractivity contribution >= 4 is 5.82 Å². The number of alkyl halides is 3. The first-order chi connectivity index (χ1) is 13.0. The topological polar surface area (TPSA) is 63.9 Å². The van der Waals surface area contributed by atoms with E-state index in [0.717, 1.165) is 24.6 Å². The van der Waals surface area contributed by atoms with Gasteiger partial charge in [-0.05, 0) is 37.0 Å². The zero-order chi connectivity index (χ0) is 20.5.